The van der Waals surface area contributed by atoms with Crippen molar-refractivity contribution in [1.82, 2.24) is 0 Å². The maximum absolute atomic E-state index is 7.10. The summed E-state index contributed by atoms with van der Waals surface area (Å²) in [6.07, 6.45) is 0. The van der Waals surface area contributed by atoms with Gasteiger partial charge in [-0.3, -0.25) is 0 Å². The third-order valence-electron chi connectivity index (χ3n) is 12.2. The minimum Gasteiger partial charge on any atom is -0.456 e. The summed E-state index contributed by atoms with van der Waals surface area (Å²) in [5.41, 5.74) is 8.01. The van der Waals surface area contributed by atoms with Crippen LogP contribution in [0.3, 0.4) is 0 Å². The lowest BCUT2D eigenvalue weighted by molar-refractivity contribution is 0.669. The molecule has 59 heavy (non-hydrogen) atoms. The number of fused-ring (bicyclic) bond motifs is 9. The molecule has 0 saturated heterocycles. The van der Waals surface area contributed by atoms with Crippen LogP contribution >= 0.6 is 0 Å². The average molecular weight is 725 g/mol. The van der Waals surface area contributed by atoms with Gasteiger partial charge in [-0.15, -0.1) is 21.9 Å². The summed E-state index contributed by atoms with van der Waals surface area (Å²) in [6, 6.07) is 45.7. The zero-order valence-corrected chi connectivity index (χ0v) is 31.7. The molecule has 0 aliphatic carbocycles. The van der Waals surface area contributed by atoms with Gasteiger partial charge in [0.15, 0.2) is 0 Å². The second-order valence-electron chi connectivity index (χ2n) is 15.3. The Morgan fingerprint density at radius 2 is 0.780 bits per heavy atom. The lowest BCUT2D eigenvalue weighted by atomic mass is 9.59. The summed E-state index contributed by atoms with van der Waals surface area (Å²) in [5.74, 6) is 0. The van der Waals surface area contributed by atoms with Crippen LogP contribution in [0, 0.1) is 0 Å². The van der Waals surface area contributed by atoms with Crippen LogP contribution in [0.1, 0.15) is 0 Å². The van der Waals surface area contributed by atoms with Crippen molar-refractivity contribution in [2.75, 3.05) is 0 Å². The van der Waals surface area contributed by atoms with E-state index in [0.29, 0.717) is 32.7 Å². The molecular weight excluding hydrogens is 703 g/mol. The Hall–Kier alpha value is -6.18. The molecule has 0 N–H and O–H groups in total. The first-order valence-corrected chi connectivity index (χ1v) is 19.2. The van der Waals surface area contributed by atoms with E-state index in [9.17, 15) is 0 Å². The molecule has 1 heterocycles. The predicted octanol–water partition coefficient (Wildman–Crippen LogP) is 4.70. The molecule has 0 unspecified atom stereocenters. The Morgan fingerprint density at radius 3 is 1.42 bits per heavy atom. The molecule has 11 rings (SSSR count). The van der Waals surface area contributed by atoms with Crippen molar-refractivity contribution in [2.45, 2.75) is 0 Å². The smallest absolute Gasteiger partial charge is 0.136 e. The van der Waals surface area contributed by atoms with E-state index < -0.39 is 0 Å². The van der Waals surface area contributed by atoms with E-state index in [1.165, 1.54) is 0 Å². The summed E-state index contributed by atoms with van der Waals surface area (Å²) in [7, 11) is 55.2. The quantitative estimate of drug-likeness (QED) is 0.146. The normalized spacial score (nSPS) is 11.9. The van der Waals surface area contributed by atoms with Crippen molar-refractivity contribution in [1.29, 1.82) is 0 Å². The number of rotatable bonds is 3. The minimum atomic E-state index is 0.161. The number of hydrogen-bond donors (Lipinski definition) is 0. The molecular formula is C50H22B8O. The van der Waals surface area contributed by atoms with Crippen LogP contribution in [0.25, 0.3) is 109 Å². The largest absolute Gasteiger partial charge is 0.456 e. The van der Waals surface area contributed by atoms with Crippen molar-refractivity contribution < 1.29 is 4.42 Å². The third-order valence-corrected chi connectivity index (χ3v) is 12.2. The first-order valence-electron chi connectivity index (χ1n) is 19.2. The Balaban J connectivity index is 1.28. The standard InChI is InChI=1S/C50H22B8O/c51-43-39-37(28-12-5-11-27(19-28)31-14-6-10-24-16-15-23-7-3-4-13-30(23)36(24)31)40-42(46(54)50(58)48(56)44(40)52)38(41(39)45(53)49(57)47(43)55)29-17-18-34-32(21-29)33-20-25-8-1-2-9-26(25)22-35(33)59-34/h1-22H. The Bertz CT molecular complexity index is 3580. The molecule has 1 aromatic heterocycles. The fraction of sp³-hybridized carbons (Fsp3) is 0. The SMILES string of the molecule is [B]c1c([B])c([B])c2c(-c3ccc4oc5cc6ccccc6cc5c4c3)c3c([B])c([B])c([B])c([B])c3c(-c3cccc(-c4cccc5ccc6ccccc6c45)c3)c2c1[B]. The fourth-order valence-corrected chi connectivity index (χ4v) is 9.28. The van der Waals surface area contributed by atoms with Gasteiger partial charge in [-0.2, -0.15) is 0 Å². The van der Waals surface area contributed by atoms with Crippen LogP contribution in [0.4, 0.5) is 0 Å². The number of benzene rings is 10. The summed E-state index contributed by atoms with van der Waals surface area (Å²) in [6.45, 7) is 0. The molecule has 11 aromatic rings. The van der Waals surface area contributed by atoms with Gasteiger partial charge in [0.2, 0.25) is 0 Å². The van der Waals surface area contributed by atoms with E-state index in [4.69, 9.17) is 67.2 Å². The molecule has 0 amide bonds. The summed E-state index contributed by atoms with van der Waals surface area (Å²) < 4.78 is 6.39. The van der Waals surface area contributed by atoms with E-state index in [-0.39, 0.29) is 43.7 Å². The van der Waals surface area contributed by atoms with E-state index in [1.807, 2.05) is 36.4 Å². The molecule has 1 nitrogen and oxygen atoms in total. The second kappa shape index (κ2) is 13.2. The topological polar surface area (TPSA) is 13.1 Å². The molecule has 0 aliphatic rings. The van der Waals surface area contributed by atoms with Crippen LogP contribution in [0.2, 0.25) is 0 Å². The van der Waals surface area contributed by atoms with Gasteiger partial charge in [0.05, 0.1) is 0 Å². The molecule has 0 spiro atoms. The zero-order valence-electron chi connectivity index (χ0n) is 31.7. The van der Waals surface area contributed by atoms with Crippen molar-refractivity contribution in [3.63, 3.8) is 0 Å². The Morgan fingerprint density at radius 1 is 0.288 bits per heavy atom. The second-order valence-corrected chi connectivity index (χ2v) is 15.3. The van der Waals surface area contributed by atoms with E-state index in [1.54, 1.807) is 0 Å². The van der Waals surface area contributed by atoms with Gasteiger partial charge in [0, 0.05) is 10.8 Å². The molecule has 0 aliphatic heterocycles. The van der Waals surface area contributed by atoms with Crippen molar-refractivity contribution in [3.05, 3.63) is 133 Å². The average Bonchev–Trinajstić information content (AvgIpc) is 3.63. The maximum Gasteiger partial charge on any atom is 0.136 e. The molecule has 16 radical (unpaired) electrons. The Kier molecular flexibility index (Phi) is 8.02. The minimum absolute atomic E-state index is 0.161. The molecule has 252 valence electrons. The maximum atomic E-state index is 7.10. The van der Waals surface area contributed by atoms with Gasteiger partial charge in [0.25, 0.3) is 0 Å². The first kappa shape index (κ1) is 35.9. The molecule has 0 saturated carbocycles. The first-order chi connectivity index (χ1) is 28.6. The predicted molar refractivity (Wildman–Crippen MR) is 261 cm³/mol. The van der Waals surface area contributed by atoms with Crippen molar-refractivity contribution in [2.24, 2.45) is 0 Å². The van der Waals surface area contributed by atoms with E-state index >= 15 is 0 Å². The monoisotopic (exact) mass is 726 g/mol. The van der Waals surface area contributed by atoms with Crippen molar-refractivity contribution >= 4 is 182 Å². The summed E-state index contributed by atoms with van der Waals surface area (Å²) >= 11 is 0. The lowest BCUT2D eigenvalue weighted by Gasteiger charge is -2.28. The molecule has 10 aromatic carbocycles. The van der Waals surface area contributed by atoms with Gasteiger partial charge in [-0.05, 0) is 118 Å². The molecule has 9 heteroatoms. The molecule has 0 bridgehead atoms. The van der Waals surface area contributed by atoms with Gasteiger partial charge in [-0.25, -0.2) is 0 Å². The summed E-state index contributed by atoms with van der Waals surface area (Å²) in [4.78, 5) is 0. The van der Waals surface area contributed by atoms with Crippen LogP contribution in [-0.2, 0) is 0 Å². The van der Waals surface area contributed by atoms with Crippen LogP contribution in [-0.4, -0.2) is 62.8 Å². The van der Waals surface area contributed by atoms with E-state index in [0.717, 1.165) is 76.5 Å². The molecule has 0 atom stereocenters. The van der Waals surface area contributed by atoms with Crippen molar-refractivity contribution in [3.8, 4) is 33.4 Å². The van der Waals surface area contributed by atoms with Gasteiger partial charge in [-0.1, -0.05) is 125 Å². The summed E-state index contributed by atoms with van der Waals surface area (Å²) in [5, 5.41) is 10.9. The zero-order chi connectivity index (χ0) is 40.4. The van der Waals surface area contributed by atoms with Gasteiger partial charge >= 0.3 is 0 Å². The van der Waals surface area contributed by atoms with Gasteiger partial charge < -0.3 is 4.42 Å². The number of hydrogen-bond acceptors (Lipinski definition) is 1. The van der Waals surface area contributed by atoms with E-state index in [2.05, 4.69) is 97.1 Å². The highest BCUT2D eigenvalue weighted by Crippen LogP contribution is 2.44. The highest BCUT2D eigenvalue weighted by molar-refractivity contribution is 6.71. The highest BCUT2D eigenvalue weighted by atomic mass is 16.3. The van der Waals surface area contributed by atoms with Crippen LogP contribution in [0.15, 0.2) is 138 Å². The fourth-order valence-electron chi connectivity index (χ4n) is 9.28. The lowest BCUT2D eigenvalue weighted by Crippen LogP contribution is -2.50. The number of furan rings is 1. The third kappa shape index (κ3) is 5.16. The van der Waals surface area contributed by atoms with Gasteiger partial charge in [0.1, 0.15) is 73.9 Å². The highest BCUT2D eigenvalue weighted by Gasteiger charge is 2.25. The molecule has 0 fully saturated rings. The van der Waals surface area contributed by atoms with Crippen LogP contribution < -0.4 is 43.7 Å². The van der Waals surface area contributed by atoms with Crippen LogP contribution in [0.5, 0.6) is 0 Å². The Labute approximate surface area is 351 Å².